The molecule has 0 radical (unpaired) electrons. The number of aromatic nitrogens is 1. The van der Waals surface area contributed by atoms with Gasteiger partial charge in [0.2, 0.25) is 10.0 Å². The van der Waals surface area contributed by atoms with Gasteiger partial charge >= 0.3 is 0 Å². The lowest BCUT2D eigenvalue weighted by molar-refractivity contribution is 0.103. The van der Waals surface area contributed by atoms with E-state index in [1.807, 2.05) is 6.92 Å². The van der Waals surface area contributed by atoms with Crippen molar-refractivity contribution in [2.45, 2.75) is 31.6 Å². The van der Waals surface area contributed by atoms with Gasteiger partial charge < -0.3 is 5.32 Å². The van der Waals surface area contributed by atoms with Gasteiger partial charge in [0.15, 0.2) is 0 Å². The summed E-state index contributed by atoms with van der Waals surface area (Å²) in [6.07, 6.45) is 1.81. The third-order valence-electron chi connectivity index (χ3n) is 3.92. The summed E-state index contributed by atoms with van der Waals surface area (Å²) in [6.45, 7) is 4.80. The van der Waals surface area contributed by atoms with Crippen LogP contribution >= 0.6 is 11.3 Å². The number of rotatable bonds is 4. The van der Waals surface area contributed by atoms with E-state index in [4.69, 9.17) is 0 Å². The van der Waals surface area contributed by atoms with Crippen molar-refractivity contribution in [1.82, 2.24) is 9.29 Å². The molecule has 8 heteroatoms. The summed E-state index contributed by atoms with van der Waals surface area (Å²) < 4.78 is 26.4. The van der Waals surface area contributed by atoms with E-state index in [9.17, 15) is 13.2 Å². The number of anilines is 1. The Morgan fingerprint density at radius 3 is 2.33 bits per heavy atom. The van der Waals surface area contributed by atoms with Gasteiger partial charge in [0, 0.05) is 18.8 Å². The van der Waals surface area contributed by atoms with Gasteiger partial charge in [0.05, 0.1) is 15.6 Å². The molecule has 1 amide bonds. The molecule has 2 heterocycles. The maximum atomic E-state index is 12.5. The number of sulfonamides is 1. The molecule has 1 aliphatic heterocycles. The van der Waals surface area contributed by atoms with Crippen molar-refractivity contribution in [3.05, 3.63) is 39.8 Å². The molecule has 0 spiro atoms. The highest BCUT2D eigenvalue weighted by Gasteiger charge is 2.27. The summed E-state index contributed by atoms with van der Waals surface area (Å²) in [6, 6.07) is 6.30. The van der Waals surface area contributed by atoms with E-state index < -0.39 is 10.0 Å². The normalized spacial score (nSPS) is 15.6. The Bertz CT molecular complexity index is 851. The quantitative estimate of drug-likeness (QED) is 0.903. The molecule has 1 fully saturated rings. The summed E-state index contributed by atoms with van der Waals surface area (Å²) in [7, 11) is -3.43. The lowest BCUT2D eigenvalue weighted by atomic mass is 10.3. The molecule has 2 aromatic rings. The Morgan fingerprint density at radius 2 is 1.79 bits per heavy atom. The summed E-state index contributed by atoms with van der Waals surface area (Å²) in [5.41, 5.74) is 1.26. The molecule has 1 aromatic heterocycles. The van der Waals surface area contributed by atoms with Crippen LogP contribution in [0.3, 0.4) is 0 Å². The summed E-state index contributed by atoms with van der Waals surface area (Å²) in [5.74, 6) is -0.228. The predicted octanol–water partition coefficient (Wildman–Crippen LogP) is 2.80. The minimum atomic E-state index is -3.43. The highest BCUT2D eigenvalue weighted by molar-refractivity contribution is 7.89. The van der Waals surface area contributed by atoms with E-state index in [2.05, 4.69) is 10.3 Å². The van der Waals surface area contributed by atoms with E-state index in [-0.39, 0.29) is 10.8 Å². The molecule has 24 heavy (non-hydrogen) atoms. The van der Waals surface area contributed by atoms with Gasteiger partial charge in [-0.2, -0.15) is 4.31 Å². The molecular formula is C16H19N3O3S2. The molecule has 0 saturated carbocycles. The largest absolute Gasteiger partial charge is 0.321 e. The second kappa shape index (κ2) is 6.62. The fraction of sp³-hybridized carbons (Fsp3) is 0.375. The molecule has 1 aliphatic rings. The SMILES string of the molecule is Cc1nc(C)c(C(=O)Nc2ccc(S(=O)(=O)N3CCCC3)cc2)s1. The number of carbonyl (C=O) groups is 1. The summed E-state index contributed by atoms with van der Waals surface area (Å²) in [4.78, 5) is 17.3. The minimum Gasteiger partial charge on any atom is -0.321 e. The van der Waals surface area contributed by atoms with Crippen LogP contribution in [0, 0.1) is 13.8 Å². The van der Waals surface area contributed by atoms with Crippen molar-refractivity contribution >= 4 is 33.0 Å². The van der Waals surface area contributed by atoms with Gasteiger partial charge in [0.1, 0.15) is 4.88 Å². The third-order valence-corrected chi connectivity index (χ3v) is 6.91. The molecule has 0 bridgehead atoms. The molecule has 6 nitrogen and oxygen atoms in total. The van der Waals surface area contributed by atoms with Crippen molar-refractivity contribution in [1.29, 1.82) is 0 Å². The average molecular weight is 365 g/mol. The Kier molecular flexibility index (Phi) is 4.71. The molecule has 1 saturated heterocycles. The van der Waals surface area contributed by atoms with Gasteiger partial charge in [-0.3, -0.25) is 4.79 Å². The number of hydrogen-bond donors (Lipinski definition) is 1. The Balaban J connectivity index is 1.75. The van der Waals surface area contributed by atoms with Crippen molar-refractivity contribution < 1.29 is 13.2 Å². The van der Waals surface area contributed by atoms with E-state index in [1.54, 1.807) is 19.1 Å². The van der Waals surface area contributed by atoms with Gasteiger partial charge in [0.25, 0.3) is 5.91 Å². The summed E-state index contributed by atoms with van der Waals surface area (Å²) in [5, 5.41) is 3.62. The average Bonchev–Trinajstić information content (AvgIpc) is 3.18. The lowest BCUT2D eigenvalue weighted by Crippen LogP contribution is -2.27. The number of thiazole rings is 1. The monoisotopic (exact) mass is 365 g/mol. The van der Waals surface area contributed by atoms with Gasteiger partial charge in [-0.05, 0) is 51.0 Å². The van der Waals surface area contributed by atoms with E-state index in [0.29, 0.717) is 29.3 Å². The number of benzene rings is 1. The predicted molar refractivity (Wildman–Crippen MR) is 94.0 cm³/mol. The first kappa shape index (κ1) is 17.1. The fourth-order valence-electron chi connectivity index (χ4n) is 2.72. The smallest absolute Gasteiger partial charge is 0.267 e. The first-order valence-corrected chi connectivity index (χ1v) is 9.99. The van der Waals surface area contributed by atoms with E-state index >= 15 is 0 Å². The van der Waals surface area contributed by atoms with Gasteiger partial charge in [-0.1, -0.05) is 0 Å². The van der Waals surface area contributed by atoms with Crippen LogP contribution in [0.4, 0.5) is 5.69 Å². The lowest BCUT2D eigenvalue weighted by Gasteiger charge is -2.15. The Hall–Kier alpha value is -1.77. The first-order valence-electron chi connectivity index (χ1n) is 7.73. The number of carbonyl (C=O) groups excluding carboxylic acids is 1. The Morgan fingerprint density at radius 1 is 1.17 bits per heavy atom. The van der Waals surface area contributed by atoms with Crippen LogP contribution in [0.1, 0.15) is 33.2 Å². The second-order valence-electron chi connectivity index (χ2n) is 5.74. The molecule has 0 atom stereocenters. The third kappa shape index (κ3) is 3.35. The van der Waals surface area contributed by atoms with E-state index in [0.717, 1.165) is 17.8 Å². The maximum absolute atomic E-state index is 12.5. The summed E-state index contributed by atoms with van der Waals surface area (Å²) >= 11 is 1.34. The van der Waals surface area contributed by atoms with Crippen LogP contribution in [-0.2, 0) is 10.0 Å². The van der Waals surface area contributed by atoms with Crippen LogP contribution in [0.15, 0.2) is 29.2 Å². The molecule has 0 unspecified atom stereocenters. The second-order valence-corrected chi connectivity index (χ2v) is 8.88. The molecule has 128 valence electrons. The number of hydrogen-bond acceptors (Lipinski definition) is 5. The molecule has 0 aliphatic carbocycles. The molecule has 1 N–H and O–H groups in total. The van der Waals surface area contributed by atoms with Crippen LogP contribution in [0.2, 0.25) is 0 Å². The zero-order valence-electron chi connectivity index (χ0n) is 13.6. The first-order chi connectivity index (χ1) is 11.4. The highest BCUT2D eigenvalue weighted by atomic mass is 32.2. The van der Waals surface area contributed by atoms with Gasteiger partial charge in [-0.15, -0.1) is 11.3 Å². The van der Waals surface area contributed by atoms with Crippen LogP contribution < -0.4 is 5.32 Å². The standard InChI is InChI=1S/C16H19N3O3S2/c1-11-15(23-12(2)17-11)16(20)18-13-5-7-14(8-6-13)24(21,22)19-9-3-4-10-19/h5-8H,3-4,9-10H2,1-2H3,(H,18,20). The van der Waals surface area contributed by atoms with Crippen molar-refractivity contribution in [2.24, 2.45) is 0 Å². The number of aryl methyl sites for hydroxylation is 2. The zero-order chi connectivity index (χ0) is 17.3. The fourth-order valence-corrected chi connectivity index (χ4v) is 5.05. The molecular weight excluding hydrogens is 346 g/mol. The Labute approximate surface area is 145 Å². The van der Waals surface area contributed by atoms with Crippen molar-refractivity contribution in [3.63, 3.8) is 0 Å². The van der Waals surface area contributed by atoms with Crippen LogP contribution in [-0.4, -0.2) is 36.7 Å². The van der Waals surface area contributed by atoms with Gasteiger partial charge in [-0.25, -0.2) is 13.4 Å². The molecule has 1 aromatic carbocycles. The zero-order valence-corrected chi connectivity index (χ0v) is 15.2. The number of nitrogens with zero attached hydrogens (tertiary/aromatic N) is 2. The molecule has 3 rings (SSSR count). The van der Waals surface area contributed by atoms with E-state index in [1.165, 1.54) is 27.8 Å². The number of nitrogens with one attached hydrogen (secondary N) is 1. The maximum Gasteiger partial charge on any atom is 0.267 e. The highest BCUT2D eigenvalue weighted by Crippen LogP contribution is 2.23. The van der Waals surface area contributed by atoms with Crippen molar-refractivity contribution in [3.8, 4) is 0 Å². The van der Waals surface area contributed by atoms with Crippen LogP contribution in [0.25, 0.3) is 0 Å². The minimum absolute atomic E-state index is 0.228. The number of amides is 1. The topological polar surface area (TPSA) is 79.4 Å². The van der Waals surface area contributed by atoms with Crippen LogP contribution in [0.5, 0.6) is 0 Å². The van der Waals surface area contributed by atoms with Crippen molar-refractivity contribution in [2.75, 3.05) is 18.4 Å².